The summed E-state index contributed by atoms with van der Waals surface area (Å²) in [5.41, 5.74) is 1.00. The number of allylic oxidation sites excluding steroid dienone is 4. The normalized spacial score (nSPS) is 42.5. The number of aryl methyl sites for hydroxylation is 1. The predicted molar refractivity (Wildman–Crippen MR) is 141 cm³/mol. The van der Waals surface area contributed by atoms with Crippen LogP contribution in [0.4, 0.5) is 4.39 Å². The molecule has 1 aromatic rings. The van der Waals surface area contributed by atoms with Gasteiger partial charge in [-0.15, -0.1) is 0 Å². The van der Waals surface area contributed by atoms with Gasteiger partial charge in [-0.05, 0) is 86.0 Å². The number of rotatable bonds is 6. The Morgan fingerprint density at radius 1 is 1.22 bits per heavy atom. The second kappa shape index (κ2) is 8.98. The van der Waals surface area contributed by atoms with Gasteiger partial charge in [0.25, 0.3) is 0 Å². The van der Waals surface area contributed by atoms with E-state index in [4.69, 9.17) is 0 Å². The number of carbonyl (C=O) groups excluding carboxylic acids is 2. The summed E-state index contributed by atoms with van der Waals surface area (Å²) in [5.74, 6) is 0.531. The van der Waals surface area contributed by atoms with E-state index >= 15 is 0 Å². The molecule has 1 saturated heterocycles. The van der Waals surface area contributed by atoms with Gasteiger partial charge < -0.3 is 10.0 Å². The van der Waals surface area contributed by atoms with Gasteiger partial charge in [-0.1, -0.05) is 55.8 Å². The molecule has 37 heavy (non-hydrogen) atoms. The minimum atomic E-state index is -0.920. The lowest BCUT2D eigenvalue weighted by Crippen LogP contribution is -2.60. The number of ketones is 2. The third-order valence-electron chi connectivity index (χ3n) is 11.5. The first-order valence-electron chi connectivity index (χ1n) is 14.2. The fourth-order valence-electron chi connectivity index (χ4n) is 9.94. The van der Waals surface area contributed by atoms with Crippen molar-refractivity contribution in [2.75, 3.05) is 26.3 Å². The van der Waals surface area contributed by atoms with E-state index in [0.717, 1.165) is 50.8 Å². The summed E-state index contributed by atoms with van der Waals surface area (Å²) in [6.07, 6.45) is 10.2. The fraction of sp³-hybridized carbons (Fsp3) is 0.625. The average molecular weight is 506 g/mol. The second-order valence-corrected chi connectivity index (χ2v) is 13.0. The highest BCUT2D eigenvalue weighted by molar-refractivity contribution is 6.01. The van der Waals surface area contributed by atoms with Crippen LogP contribution in [0.5, 0.6) is 0 Å². The van der Waals surface area contributed by atoms with Crippen molar-refractivity contribution in [3.05, 3.63) is 59.7 Å². The molecule has 0 spiro atoms. The highest BCUT2D eigenvalue weighted by Crippen LogP contribution is 2.72. The Bertz CT molecular complexity index is 1150. The Kier molecular flexibility index (Phi) is 6.11. The topological polar surface area (TPSA) is 57.6 Å². The number of hydrogen-bond donors (Lipinski definition) is 1. The highest BCUT2D eigenvalue weighted by atomic mass is 19.1. The Hall–Kier alpha value is -2.11. The number of fused-ring (bicyclic) bond motifs is 7. The minimum Gasteiger partial charge on any atom is -0.393 e. The molecule has 8 atom stereocenters. The van der Waals surface area contributed by atoms with E-state index in [1.165, 1.54) is 5.56 Å². The zero-order chi connectivity index (χ0) is 26.0. The van der Waals surface area contributed by atoms with E-state index < -0.39 is 23.6 Å². The van der Waals surface area contributed by atoms with Crippen molar-refractivity contribution in [1.29, 1.82) is 0 Å². The van der Waals surface area contributed by atoms with Crippen molar-refractivity contribution in [3.63, 3.8) is 0 Å². The monoisotopic (exact) mass is 505 g/mol. The SMILES string of the molecule is CC12C=CC(=O)C=C1CCC1C2C(O)CC2(C)C1CC1CN(CCCc3ccccc3)CC12C(=O)CF. The molecule has 198 valence electrons. The van der Waals surface area contributed by atoms with Crippen LogP contribution in [0, 0.1) is 39.9 Å². The van der Waals surface area contributed by atoms with Crippen LogP contribution in [0.3, 0.4) is 0 Å². The molecule has 0 bridgehead atoms. The summed E-state index contributed by atoms with van der Waals surface area (Å²) in [6.45, 7) is 5.83. The third kappa shape index (κ3) is 3.60. The van der Waals surface area contributed by atoms with Crippen LogP contribution >= 0.6 is 0 Å². The van der Waals surface area contributed by atoms with Gasteiger partial charge in [0.1, 0.15) is 6.67 Å². The molecular formula is C32H40FNO3. The van der Waals surface area contributed by atoms with Gasteiger partial charge >= 0.3 is 0 Å². The molecule has 8 unspecified atom stereocenters. The summed E-state index contributed by atoms with van der Waals surface area (Å²) >= 11 is 0. The van der Waals surface area contributed by atoms with Crippen molar-refractivity contribution < 1.29 is 19.1 Å². The predicted octanol–water partition coefficient (Wildman–Crippen LogP) is 4.96. The maximum Gasteiger partial charge on any atom is 0.178 e. The van der Waals surface area contributed by atoms with Crippen LogP contribution in [0.25, 0.3) is 0 Å². The van der Waals surface area contributed by atoms with E-state index in [1.54, 1.807) is 12.2 Å². The fourth-order valence-corrected chi connectivity index (χ4v) is 9.94. The number of benzene rings is 1. The van der Waals surface area contributed by atoms with Crippen LogP contribution in [0.1, 0.15) is 51.5 Å². The Morgan fingerprint density at radius 3 is 2.76 bits per heavy atom. The molecule has 0 amide bonds. The third-order valence-corrected chi connectivity index (χ3v) is 11.5. The Morgan fingerprint density at radius 2 is 2.00 bits per heavy atom. The van der Waals surface area contributed by atoms with E-state index in [0.29, 0.717) is 13.0 Å². The molecule has 4 aliphatic carbocycles. The van der Waals surface area contributed by atoms with Crippen molar-refractivity contribution in [2.45, 2.75) is 58.5 Å². The number of carbonyl (C=O) groups is 2. The number of aliphatic hydroxyl groups is 1. The molecular weight excluding hydrogens is 465 g/mol. The molecule has 1 aromatic carbocycles. The first kappa shape index (κ1) is 25.2. The Labute approximate surface area is 220 Å². The lowest BCUT2D eigenvalue weighted by Gasteiger charge is -2.60. The van der Waals surface area contributed by atoms with E-state index in [1.807, 2.05) is 12.1 Å². The van der Waals surface area contributed by atoms with Crippen LogP contribution in [0.15, 0.2) is 54.1 Å². The van der Waals surface area contributed by atoms with Crippen LogP contribution in [-0.4, -0.2) is 54.0 Å². The van der Waals surface area contributed by atoms with E-state index in [9.17, 15) is 19.1 Å². The van der Waals surface area contributed by atoms with Gasteiger partial charge in [-0.25, -0.2) is 4.39 Å². The molecule has 0 aromatic heterocycles. The van der Waals surface area contributed by atoms with Crippen molar-refractivity contribution in [2.24, 2.45) is 39.9 Å². The molecule has 4 nitrogen and oxygen atoms in total. The molecule has 5 aliphatic rings. The quantitative estimate of drug-likeness (QED) is 0.594. The molecule has 1 aliphatic heterocycles. The number of nitrogens with zero attached hydrogens (tertiary/aromatic N) is 1. The van der Waals surface area contributed by atoms with Crippen LogP contribution in [-0.2, 0) is 16.0 Å². The lowest BCUT2D eigenvalue weighted by molar-refractivity contribution is -0.157. The molecule has 5 heteroatoms. The largest absolute Gasteiger partial charge is 0.393 e. The lowest BCUT2D eigenvalue weighted by atomic mass is 9.44. The number of likely N-dealkylation sites (tertiary alicyclic amines) is 1. The number of alkyl halides is 1. The summed E-state index contributed by atoms with van der Waals surface area (Å²) in [4.78, 5) is 28.1. The summed E-state index contributed by atoms with van der Waals surface area (Å²) in [6, 6.07) is 10.5. The van der Waals surface area contributed by atoms with Crippen molar-refractivity contribution >= 4 is 11.6 Å². The van der Waals surface area contributed by atoms with Gasteiger partial charge in [0.05, 0.1) is 11.5 Å². The maximum atomic E-state index is 14.3. The summed E-state index contributed by atoms with van der Waals surface area (Å²) in [7, 11) is 0. The molecule has 1 N–H and O–H groups in total. The molecule has 6 rings (SSSR count). The van der Waals surface area contributed by atoms with Crippen LogP contribution in [0.2, 0.25) is 0 Å². The van der Waals surface area contributed by atoms with E-state index in [2.05, 4.69) is 43.0 Å². The maximum absolute atomic E-state index is 14.3. The average Bonchev–Trinajstić information content (AvgIpc) is 3.36. The van der Waals surface area contributed by atoms with Gasteiger partial charge in [0.15, 0.2) is 11.6 Å². The number of Topliss-reactive ketones (excluding diaryl/α,β-unsaturated/α-hetero) is 1. The number of aliphatic hydroxyl groups excluding tert-OH is 1. The second-order valence-electron chi connectivity index (χ2n) is 13.0. The van der Waals surface area contributed by atoms with Gasteiger partial charge in [-0.3, -0.25) is 9.59 Å². The summed E-state index contributed by atoms with van der Waals surface area (Å²) in [5, 5.41) is 11.7. The molecule has 3 saturated carbocycles. The van der Waals surface area contributed by atoms with Crippen LogP contribution < -0.4 is 0 Å². The zero-order valence-electron chi connectivity index (χ0n) is 22.2. The number of hydrogen-bond acceptors (Lipinski definition) is 4. The van der Waals surface area contributed by atoms with Gasteiger partial charge in [0, 0.05) is 24.4 Å². The smallest absolute Gasteiger partial charge is 0.178 e. The van der Waals surface area contributed by atoms with E-state index in [-0.39, 0.29) is 40.7 Å². The van der Waals surface area contributed by atoms with Gasteiger partial charge in [-0.2, -0.15) is 0 Å². The van der Waals surface area contributed by atoms with Crippen molar-refractivity contribution in [3.8, 4) is 0 Å². The first-order chi connectivity index (χ1) is 17.7. The highest BCUT2D eigenvalue weighted by Gasteiger charge is 2.73. The zero-order valence-corrected chi connectivity index (χ0v) is 22.2. The molecule has 4 fully saturated rings. The van der Waals surface area contributed by atoms with Gasteiger partial charge in [0.2, 0.25) is 0 Å². The number of halogens is 1. The minimum absolute atomic E-state index is 0.0354. The summed E-state index contributed by atoms with van der Waals surface area (Å²) < 4.78 is 14.3. The van der Waals surface area contributed by atoms with Crippen molar-refractivity contribution in [1.82, 2.24) is 4.90 Å². The first-order valence-corrected chi connectivity index (χ1v) is 14.2. The standard InChI is InChI=1S/C32H40FNO3/c1-30-13-12-24(35)15-22(30)10-11-25-26-16-23-19-34(14-6-9-21-7-4-3-5-8-21)20-32(23,28(37)18-33)31(26,2)17-27(36)29(25)30/h3-5,7-8,12-13,15,23,25-27,29,36H,6,9-11,14,16-20H2,1-2H3. The molecule has 1 heterocycles. The Balaban J connectivity index is 1.27. The molecule has 0 radical (unpaired) electrons.